The topological polar surface area (TPSA) is 78.9 Å². The van der Waals surface area contributed by atoms with Crippen molar-refractivity contribution in [2.45, 2.75) is 66.0 Å². The Balaban J connectivity index is 3.04. The fraction of sp³-hybridized carbons (Fsp3) is 0.714. The van der Waals surface area contributed by atoms with E-state index in [4.69, 9.17) is 18.9 Å². The Bertz CT molecular complexity index is 668. The van der Waals surface area contributed by atoms with Crippen LogP contribution in [0.4, 0.5) is 4.79 Å². The largest absolute Gasteiger partial charge is 0.488 e. The molecular formula is C21H35BrN2O5. The number of hydrogen-bond acceptors (Lipinski definition) is 6. The van der Waals surface area contributed by atoms with Crippen LogP contribution in [0.25, 0.3) is 0 Å². The van der Waals surface area contributed by atoms with E-state index in [9.17, 15) is 4.79 Å². The van der Waals surface area contributed by atoms with Crippen LogP contribution in [0.5, 0.6) is 11.6 Å². The number of hydrogen-bond donors (Lipinski definition) is 1. The molecule has 0 aliphatic carbocycles. The zero-order valence-corrected chi connectivity index (χ0v) is 20.4. The van der Waals surface area contributed by atoms with Gasteiger partial charge in [0.1, 0.15) is 10.2 Å². The van der Waals surface area contributed by atoms with E-state index >= 15 is 0 Å². The van der Waals surface area contributed by atoms with Crippen molar-refractivity contribution in [3.05, 3.63) is 16.2 Å². The van der Waals surface area contributed by atoms with E-state index in [1.165, 1.54) is 0 Å². The Morgan fingerprint density at radius 2 is 1.83 bits per heavy atom. The van der Waals surface area contributed by atoms with E-state index in [0.29, 0.717) is 35.9 Å². The van der Waals surface area contributed by atoms with Crippen molar-refractivity contribution < 1.29 is 23.7 Å². The number of nitrogens with zero attached hydrogens (tertiary/aromatic N) is 1. The molecule has 1 amide bonds. The Kier molecular flexibility index (Phi) is 9.68. The summed E-state index contributed by atoms with van der Waals surface area (Å²) in [5.41, 5.74) is 0.150. The van der Waals surface area contributed by atoms with Crippen molar-refractivity contribution in [3.8, 4) is 11.6 Å². The van der Waals surface area contributed by atoms with Crippen molar-refractivity contribution in [2.24, 2.45) is 5.41 Å². The molecule has 1 aromatic heterocycles. The molecule has 0 aliphatic heterocycles. The third-order valence-corrected chi connectivity index (χ3v) is 4.77. The minimum atomic E-state index is -0.558. The Morgan fingerprint density at radius 1 is 1.17 bits per heavy atom. The fourth-order valence-corrected chi connectivity index (χ4v) is 2.95. The molecule has 1 unspecified atom stereocenters. The number of amides is 1. The van der Waals surface area contributed by atoms with Gasteiger partial charge in [0.2, 0.25) is 0 Å². The molecule has 7 nitrogen and oxygen atoms in total. The van der Waals surface area contributed by atoms with Gasteiger partial charge in [0.25, 0.3) is 5.88 Å². The number of nitrogens with one attached hydrogen (secondary N) is 1. The van der Waals surface area contributed by atoms with Gasteiger partial charge in [-0.25, -0.2) is 9.78 Å². The van der Waals surface area contributed by atoms with E-state index in [-0.39, 0.29) is 11.5 Å². The summed E-state index contributed by atoms with van der Waals surface area (Å²) in [5, 5.41) is 3.00. The number of ether oxygens (including phenoxy) is 4. The van der Waals surface area contributed by atoms with Gasteiger partial charge in [-0.15, -0.1) is 0 Å². The van der Waals surface area contributed by atoms with Crippen LogP contribution in [0.2, 0.25) is 0 Å². The molecule has 0 spiro atoms. The number of pyridine rings is 1. The van der Waals surface area contributed by atoms with Gasteiger partial charge < -0.3 is 24.3 Å². The fourth-order valence-electron chi connectivity index (χ4n) is 2.52. The number of alkyl carbamates (subject to hydrolysis) is 1. The van der Waals surface area contributed by atoms with Gasteiger partial charge in [-0.05, 0) is 60.2 Å². The lowest BCUT2D eigenvalue weighted by Gasteiger charge is -2.33. The molecule has 0 fully saturated rings. The maximum atomic E-state index is 12.3. The average Bonchev–Trinajstić information content (AvgIpc) is 2.57. The number of methoxy groups -OCH3 is 2. The highest BCUT2D eigenvalue weighted by molar-refractivity contribution is 9.10. The third kappa shape index (κ3) is 9.21. The first-order valence-electron chi connectivity index (χ1n) is 9.72. The first-order chi connectivity index (χ1) is 13.4. The molecule has 0 aliphatic rings. The Morgan fingerprint density at radius 3 is 2.34 bits per heavy atom. The summed E-state index contributed by atoms with van der Waals surface area (Å²) in [6, 6.07) is 1.73. The van der Waals surface area contributed by atoms with Crippen molar-refractivity contribution >= 4 is 22.0 Å². The maximum Gasteiger partial charge on any atom is 0.407 e. The second-order valence-electron chi connectivity index (χ2n) is 8.91. The molecule has 8 heteroatoms. The molecule has 1 heterocycles. The monoisotopic (exact) mass is 474 g/mol. The van der Waals surface area contributed by atoms with Crippen LogP contribution in [0.1, 0.15) is 53.5 Å². The normalized spacial score (nSPS) is 13.0. The lowest BCUT2D eigenvalue weighted by atomic mass is 9.83. The van der Waals surface area contributed by atoms with Crippen molar-refractivity contribution in [3.63, 3.8) is 0 Å². The van der Waals surface area contributed by atoms with Crippen LogP contribution in [0.3, 0.4) is 0 Å². The first-order valence-corrected chi connectivity index (χ1v) is 10.5. The highest BCUT2D eigenvalue weighted by Crippen LogP contribution is 2.33. The van der Waals surface area contributed by atoms with Crippen LogP contribution < -0.4 is 14.8 Å². The summed E-state index contributed by atoms with van der Waals surface area (Å²) in [4.78, 5) is 16.8. The highest BCUT2D eigenvalue weighted by Gasteiger charge is 2.30. The van der Waals surface area contributed by atoms with Gasteiger partial charge in [-0.3, -0.25) is 0 Å². The Hall–Kier alpha value is -1.54. The second-order valence-corrected chi connectivity index (χ2v) is 9.66. The van der Waals surface area contributed by atoms with Crippen LogP contribution in [-0.2, 0) is 15.9 Å². The number of carbonyl (C=O) groups is 1. The zero-order chi connectivity index (χ0) is 22.2. The SMILES string of the molecule is COCCCOc1cc(CC(NC(=O)OC(C)(C)C)C(C)(C)C)c(Br)nc1OC. The predicted molar refractivity (Wildman–Crippen MR) is 117 cm³/mol. The number of halogens is 1. The lowest BCUT2D eigenvalue weighted by Crippen LogP contribution is -2.47. The minimum Gasteiger partial charge on any atom is -0.488 e. The van der Waals surface area contributed by atoms with E-state index in [2.05, 4.69) is 47.0 Å². The molecule has 1 aromatic rings. The molecule has 1 atom stereocenters. The number of carbonyl (C=O) groups excluding carboxylic acids is 1. The van der Waals surface area contributed by atoms with E-state index < -0.39 is 11.7 Å². The predicted octanol–water partition coefficient (Wildman–Crippen LogP) is 4.75. The molecular weight excluding hydrogens is 440 g/mol. The van der Waals surface area contributed by atoms with Gasteiger partial charge >= 0.3 is 6.09 Å². The first kappa shape index (κ1) is 25.5. The van der Waals surface area contributed by atoms with E-state index in [1.54, 1.807) is 14.2 Å². The average molecular weight is 475 g/mol. The van der Waals surface area contributed by atoms with Crippen LogP contribution in [0.15, 0.2) is 10.7 Å². The van der Waals surface area contributed by atoms with E-state index in [0.717, 1.165) is 12.0 Å². The summed E-state index contributed by atoms with van der Waals surface area (Å²) in [6.07, 6.45) is 0.871. The quantitative estimate of drug-likeness (QED) is 0.410. The summed E-state index contributed by atoms with van der Waals surface area (Å²) < 4.78 is 22.3. The minimum absolute atomic E-state index is 0.176. The van der Waals surface area contributed by atoms with Gasteiger partial charge in [0.05, 0.1) is 13.7 Å². The lowest BCUT2D eigenvalue weighted by molar-refractivity contribution is 0.0464. The summed E-state index contributed by atoms with van der Waals surface area (Å²) >= 11 is 3.51. The van der Waals surface area contributed by atoms with Crippen LogP contribution in [-0.4, -0.2) is 50.2 Å². The number of aromatic nitrogens is 1. The third-order valence-electron chi connectivity index (χ3n) is 4.08. The molecule has 0 saturated heterocycles. The van der Waals surface area contributed by atoms with E-state index in [1.807, 2.05) is 26.8 Å². The van der Waals surface area contributed by atoms with Gasteiger partial charge in [-0.2, -0.15) is 0 Å². The molecule has 29 heavy (non-hydrogen) atoms. The molecule has 0 radical (unpaired) electrons. The maximum absolute atomic E-state index is 12.3. The van der Waals surface area contributed by atoms with Gasteiger partial charge in [0.15, 0.2) is 5.75 Å². The van der Waals surface area contributed by atoms with Gasteiger partial charge in [-0.1, -0.05) is 20.8 Å². The second kappa shape index (κ2) is 11.0. The number of rotatable bonds is 9. The summed E-state index contributed by atoms with van der Waals surface area (Å²) in [5.74, 6) is 0.970. The van der Waals surface area contributed by atoms with Crippen molar-refractivity contribution in [1.29, 1.82) is 0 Å². The van der Waals surface area contributed by atoms with Crippen molar-refractivity contribution in [2.75, 3.05) is 27.4 Å². The summed E-state index contributed by atoms with van der Waals surface area (Å²) in [6.45, 7) is 12.9. The van der Waals surface area contributed by atoms with Gasteiger partial charge in [0, 0.05) is 26.2 Å². The standard InChI is InChI=1S/C21H35BrN2O5/c1-20(2,3)16(23-19(25)29-21(4,5)6)13-14-12-15(28-11-9-10-26-7)18(27-8)24-17(14)22/h12,16H,9-11,13H2,1-8H3,(H,23,25). The highest BCUT2D eigenvalue weighted by atomic mass is 79.9. The van der Waals surface area contributed by atoms with Crippen LogP contribution in [0, 0.1) is 5.41 Å². The Labute approximate surface area is 183 Å². The smallest absolute Gasteiger partial charge is 0.407 e. The zero-order valence-electron chi connectivity index (χ0n) is 18.8. The molecule has 0 saturated carbocycles. The molecule has 166 valence electrons. The molecule has 0 aromatic carbocycles. The molecule has 1 N–H and O–H groups in total. The molecule has 1 rings (SSSR count). The van der Waals surface area contributed by atoms with Crippen LogP contribution >= 0.6 is 15.9 Å². The molecule has 0 bridgehead atoms. The van der Waals surface area contributed by atoms with Crippen molar-refractivity contribution in [1.82, 2.24) is 10.3 Å². The summed E-state index contributed by atoms with van der Waals surface area (Å²) in [7, 11) is 3.21.